The maximum absolute atomic E-state index is 4.56. The fourth-order valence-electron chi connectivity index (χ4n) is 1.94. The summed E-state index contributed by atoms with van der Waals surface area (Å²) in [7, 11) is 0. The van der Waals surface area contributed by atoms with Crippen LogP contribution in [-0.4, -0.2) is 11.0 Å². The highest BCUT2D eigenvalue weighted by molar-refractivity contribution is 5.43. The molecule has 0 saturated heterocycles. The molecular formula is C14H22N2. The van der Waals surface area contributed by atoms with Gasteiger partial charge in [0, 0.05) is 11.7 Å². The third-order valence-corrected chi connectivity index (χ3v) is 3.28. The average molecular weight is 218 g/mol. The summed E-state index contributed by atoms with van der Waals surface area (Å²) in [5, 5.41) is 3.52. The molecule has 1 aliphatic rings. The van der Waals surface area contributed by atoms with Crippen LogP contribution < -0.4 is 5.32 Å². The lowest BCUT2D eigenvalue weighted by Gasteiger charge is -2.28. The van der Waals surface area contributed by atoms with Crippen molar-refractivity contribution in [2.45, 2.75) is 58.4 Å². The second kappa shape index (κ2) is 4.08. The molecule has 1 heterocycles. The van der Waals surface area contributed by atoms with Gasteiger partial charge < -0.3 is 5.32 Å². The fraction of sp³-hybridized carbons (Fsp3) is 0.643. The Morgan fingerprint density at radius 1 is 1.25 bits per heavy atom. The summed E-state index contributed by atoms with van der Waals surface area (Å²) in [5.41, 5.74) is 2.67. The zero-order valence-corrected chi connectivity index (χ0v) is 10.8. The molecule has 0 amide bonds. The van der Waals surface area contributed by atoms with E-state index >= 15 is 0 Å². The van der Waals surface area contributed by atoms with Crippen molar-refractivity contribution < 1.29 is 0 Å². The topological polar surface area (TPSA) is 24.9 Å². The number of anilines is 1. The van der Waals surface area contributed by atoms with Gasteiger partial charge in [0.05, 0.1) is 0 Å². The number of aromatic nitrogens is 1. The molecule has 0 radical (unpaired) electrons. The first kappa shape index (κ1) is 11.4. The number of pyridine rings is 1. The third kappa shape index (κ3) is 2.55. The Kier molecular flexibility index (Phi) is 2.92. The van der Waals surface area contributed by atoms with Crippen LogP contribution in [-0.2, 0) is 5.41 Å². The maximum Gasteiger partial charge on any atom is 0.126 e. The lowest BCUT2D eigenvalue weighted by molar-refractivity contribution is 0.444. The second-order valence-electron chi connectivity index (χ2n) is 5.90. The van der Waals surface area contributed by atoms with E-state index in [1.54, 1.807) is 0 Å². The minimum atomic E-state index is 0.198. The molecule has 1 aromatic rings. The van der Waals surface area contributed by atoms with Gasteiger partial charge in [-0.1, -0.05) is 20.8 Å². The van der Waals surface area contributed by atoms with Crippen molar-refractivity contribution in [3.63, 3.8) is 0 Å². The van der Waals surface area contributed by atoms with Gasteiger partial charge in [0.15, 0.2) is 0 Å². The van der Waals surface area contributed by atoms with Crippen molar-refractivity contribution in [3.8, 4) is 0 Å². The fourth-order valence-corrected chi connectivity index (χ4v) is 1.94. The summed E-state index contributed by atoms with van der Waals surface area (Å²) in [6, 6.07) is 5.04. The quantitative estimate of drug-likeness (QED) is 0.819. The molecule has 0 atom stereocenters. The Morgan fingerprint density at radius 3 is 2.44 bits per heavy atom. The number of aryl methyl sites for hydroxylation is 1. The van der Waals surface area contributed by atoms with Crippen LogP contribution in [0.2, 0.25) is 0 Å². The predicted octanol–water partition coefficient (Wildman–Crippen LogP) is 3.65. The number of hydrogen-bond donors (Lipinski definition) is 1. The molecule has 0 aromatic carbocycles. The zero-order valence-electron chi connectivity index (χ0n) is 10.8. The Bertz CT molecular complexity index is 373. The van der Waals surface area contributed by atoms with Gasteiger partial charge in [0.2, 0.25) is 0 Å². The Hall–Kier alpha value is -1.05. The monoisotopic (exact) mass is 218 g/mol. The number of nitrogens with one attached hydrogen (secondary N) is 1. The first-order valence-corrected chi connectivity index (χ1v) is 6.21. The summed E-state index contributed by atoms with van der Waals surface area (Å²) in [5.74, 6) is 1.05. The molecule has 1 N–H and O–H groups in total. The average Bonchev–Trinajstić information content (AvgIpc) is 2.09. The van der Waals surface area contributed by atoms with E-state index in [2.05, 4.69) is 50.1 Å². The smallest absolute Gasteiger partial charge is 0.126 e. The van der Waals surface area contributed by atoms with Crippen LogP contribution in [0.4, 0.5) is 5.82 Å². The lowest BCUT2D eigenvalue weighted by Crippen LogP contribution is -2.27. The SMILES string of the molecule is Cc1cc(C(C)(C)C)cc(NC2CCC2)n1. The van der Waals surface area contributed by atoms with E-state index in [9.17, 15) is 0 Å². The highest BCUT2D eigenvalue weighted by atomic mass is 15.0. The summed E-state index contributed by atoms with van der Waals surface area (Å²) in [4.78, 5) is 4.56. The van der Waals surface area contributed by atoms with Crippen molar-refractivity contribution in [3.05, 3.63) is 23.4 Å². The first-order chi connectivity index (χ1) is 7.45. The van der Waals surface area contributed by atoms with E-state index < -0.39 is 0 Å². The lowest BCUT2D eigenvalue weighted by atomic mass is 9.87. The van der Waals surface area contributed by atoms with Gasteiger partial charge in [-0.05, 0) is 49.3 Å². The molecule has 2 nitrogen and oxygen atoms in total. The van der Waals surface area contributed by atoms with E-state index in [-0.39, 0.29) is 5.41 Å². The summed E-state index contributed by atoms with van der Waals surface area (Å²) < 4.78 is 0. The molecule has 1 aromatic heterocycles. The van der Waals surface area contributed by atoms with Gasteiger partial charge in [0.1, 0.15) is 5.82 Å². The van der Waals surface area contributed by atoms with E-state index in [0.29, 0.717) is 6.04 Å². The third-order valence-electron chi connectivity index (χ3n) is 3.28. The Morgan fingerprint density at radius 2 is 1.94 bits per heavy atom. The number of rotatable bonds is 2. The molecule has 16 heavy (non-hydrogen) atoms. The van der Waals surface area contributed by atoms with Gasteiger partial charge in [-0.3, -0.25) is 0 Å². The predicted molar refractivity (Wildman–Crippen MR) is 68.9 cm³/mol. The molecule has 0 spiro atoms. The highest BCUT2D eigenvalue weighted by Gasteiger charge is 2.19. The maximum atomic E-state index is 4.56. The van der Waals surface area contributed by atoms with Crippen LogP contribution in [0.5, 0.6) is 0 Å². The van der Waals surface area contributed by atoms with Crippen LogP contribution in [0.1, 0.15) is 51.3 Å². The van der Waals surface area contributed by atoms with Crippen molar-refractivity contribution in [1.29, 1.82) is 0 Å². The van der Waals surface area contributed by atoms with Gasteiger partial charge in [-0.25, -0.2) is 4.98 Å². The number of nitrogens with zero attached hydrogens (tertiary/aromatic N) is 1. The summed E-state index contributed by atoms with van der Waals surface area (Å²) in [6.45, 7) is 8.81. The van der Waals surface area contributed by atoms with Crippen molar-refractivity contribution in [2.75, 3.05) is 5.32 Å². The molecule has 1 fully saturated rings. The molecule has 0 bridgehead atoms. The first-order valence-electron chi connectivity index (χ1n) is 6.21. The second-order valence-corrected chi connectivity index (χ2v) is 5.90. The minimum absolute atomic E-state index is 0.198. The van der Waals surface area contributed by atoms with Crippen molar-refractivity contribution >= 4 is 5.82 Å². The highest BCUT2D eigenvalue weighted by Crippen LogP contribution is 2.27. The standard InChI is InChI=1S/C14H22N2/c1-10-8-11(14(2,3)4)9-13(15-10)16-12-6-5-7-12/h8-9,12H,5-7H2,1-4H3,(H,15,16). The minimum Gasteiger partial charge on any atom is -0.367 e. The number of hydrogen-bond acceptors (Lipinski definition) is 2. The van der Waals surface area contributed by atoms with E-state index in [1.807, 2.05) is 0 Å². The molecule has 0 unspecified atom stereocenters. The normalized spacial score (nSPS) is 17.0. The van der Waals surface area contributed by atoms with Crippen LogP contribution in [0.3, 0.4) is 0 Å². The molecule has 2 heteroatoms. The molecule has 0 aliphatic heterocycles. The molecule has 88 valence electrons. The van der Waals surface area contributed by atoms with Crippen LogP contribution in [0, 0.1) is 6.92 Å². The van der Waals surface area contributed by atoms with Gasteiger partial charge >= 0.3 is 0 Å². The summed E-state index contributed by atoms with van der Waals surface area (Å²) in [6.07, 6.45) is 3.94. The molecule has 1 saturated carbocycles. The molecule has 2 rings (SSSR count). The molecule has 1 aliphatic carbocycles. The Labute approximate surface area is 98.5 Å². The Balaban J connectivity index is 2.21. The summed E-state index contributed by atoms with van der Waals surface area (Å²) >= 11 is 0. The van der Waals surface area contributed by atoms with Gasteiger partial charge in [-0.2, -0.15) is 0 Å². The zero-order chi connectivity index (χ0) is 11.8. The van der Waals surface area contributed by atoms with Gasteiger partial charge in [0.25, 0.3) is 0 Å². The van der Waals surface area contributed by atoms with E-state index in [4.69, 9.17) is 0 Å². The van der Waals surface area contributed by atoms with Crippen LogP contribution in [0.25, 0.3) is 0 Å². The molecular weight excluding hydrogens is 196 g/mol. The van der Waals surface area contributed by atoms with Crippen LogP contribution >= 0.6 is 0 Å². The van der Waals surface area contributed by atoms with Crippen LogP contribution in [0.15, 0.2) is 12.1 Å². The van der Waals surface area contributed by atoms with E-state index in [0.717, 1.165) is 11.5 Å². The van der Waals surface area contributed by atoms with Gasteiger partial charge in [-0.15, -0.1) is 0 Å². The van der Waals surface area contributed by atoms with Crippen molar-refractivity contribution in [2.24, 2.45) is 0 Å². The van der Waals surface area contributed by atoms with E-state index in [1.165, 1.54) is 24.8 Å². The van der Waals surface area contributed by atoms with Crippen molar-refractivity contribution in [1.82, 2.24) is 4.98 Å². The largest absolute Gasteiger partial charge is 0.367 e.